The molecule has 0 aliphatic heterocycles. The molecule has 102 valence electrons. The smallest absolute Gasteiger partial charge is 0.128 e. The minimum atomic E-state index is -0.192. The Labute approximate surface area is 125 Å². The molecule has 2 aromatic rings. The second-order valence-corrected chi connectivity index (χ2v) is 6.42. The number of nitrogens with one attached hydrogen (secondary N) is 1. The molecule has 1 N–H and O–H groups in total. The molecule has 0 bridgehead atoms. The molecular formula is C14H16BrFN2S. The van der Waals surface area contributed by atoms with Crippen molar-refractivity contribution in [3.8, 4) is 0 Å². The van der Waals surface area contributed by atoms with Crippen molar-refractivity contribution in [2.75, 3.05) is 0 Å². The van der Waals surface area contributed by atoms with Gasteiger partial charge >= 0.3 is 0 Å². The van der Waals surface area contributed by atoms with Gasteiger partial charge in [-0.2, -0.15) is 0 Å². The van der Waals surface area contributed by atoms with Crippen molar-refractivity contribution in [3.05, 3.63) is 50.1 Å². The number of hydrogen-bond donors (Lipinski definition) is 1. The van der Waals surface area contributed by atoms with Crippen molar-refractivity contribution < 1.29 is 4.39 Å². The zero-order valence-electron chi connectivity index (χ0n) is 10.9. The number of rotatable bonds is 5. The first-order valence-electron chi connectivity index (χ1n) is 6.22. The molecule has 0 amide bonds. The van der Waals surface area contributed by atoms with Gasteiger partial charge in [0.2, 0.25) is 0 Å². The van der Waals surface area contributed by atoms with Crippen LogP contribution >= 0.6 is 27.3 Å². The molecule has 1 aromatic heterocycles. The summed E-state index contributed by atoms with van der Waals surface area (Å²) in [4.78, 5) is 5.67. The fraction of sp³-hybridized carbons (Fsp3) is 0.357. The summed E-state index contributed by atoms with van der Waals surface area (Å²) in [6, 6.07) is 5.26. The third-order valence-electron chi connectivity index (χ3n) is 2.90. The Morgan fingerprint density at radius 1 is 1.47 bits per heavy atom. The molecular weight excluding hydrogens is 327 g/mol. The maximum Gasteiger partial charge on any atom is 0.128 e. The zero-order valence-corrected chi connectivity index (χ0v) is 13.3. The fourth-order valence-electron chi connectivity index (χ4n) is 1.70. The summed E-state index contributed by atoms with van der Waals surface area (Å²) in [5.41, 5.74) is 0.669. The van der Waals surface area contributed by atoms with Gasteiger partial charge in [-0.25, -0.2) is 9.37 Å². The summed E-state index contributed by atoms with van der Waals surface area (Å²) in [5, 5.41) is 4.36. The van der Waals surface area contributed by atoms with Crippen LogP contribution in [0.2, 0.25) is 0 Å². The molecule has 19 heavy (non-hydrogen) atoms. The van der Waals surface area contributed by atoms with Gasteiger partial charge < -0.3 is 5.32 Å². The fourth-order valence-corrected chi connectivity index (χ4v) is 2.92. The lowest BCUT2D eigenvalue weighted by molar-refractivity contribution is 0.542. The topological polar surface area (TPSA) is 24.9 Å². The van der Waals surface area contributed by atoms with Gasteiger partial charge in [-0.3, -0.25) is 0 Å². The average Bonchev–Trinajstić information content (AvgIpc) is 2.86. The molecule has 1 atom stereocenters. The summed E-state index contributed by atoms with van der Waals surface area (Å²) in [6.45, 7) is 4.67. The monoisotopic (exact) mass is 342 g/mol. The molecule has 2 nitrogen and oxygen atoms in total. The highest BCUT2D eigenvalue weighted by Gasteiger charge is 2.11. The predicted octanol–water partition coefficient (Wildman–Crippen LogP) is 4.46. The molecule has 0 spiro atoms. The molecule has 1 unspecified atom stereocenters. The normalized spacial score (nSPS) is 12.6. The van der Waals surface area contributed by atoms with Crippen molar-refractivity contribution in [2.45, 2.75) is 32.9 Å². The predicted molar refractivity (Wildman–Crippen MR) is 80.8 cm³/mol. The van der Waals surface area contributed by atoms with Crippen LogP contribution in [0.25, 0.3) is 0 Å². The van der Waals surface area contributed by atoms with Crippen LogP contribution in [0.1, 0.15) is 35.3 Å². The van der Waals surface area contributed by atoms with Crippen LogP contribution in [0.15, 0.2) is 28.9 Å². The number of aromatic nitrogens is 1. The third-order valence-corrected chi connectivity index (χ3v) is 4.72. The first-order valence-corrected chi connectivity index (χ1v) is 7.83. The number of nitrogens with zero attached hydrogens (tertiary/aromatic N) is 1. The van der Waals surface area contributed by atoms with Gasteiger partial charge in [-0.15, -0.1) is 11.3 Å². The Morgan fingerprint density at radius 2 is 2.26 bits per heavy atom. The quantitative estimate of drug-likeness (QED) is 0.867. The zero-order chi connectivity index (χ0) is 13.8. The van der Waals surface area contributed by atoms with Gasteiger partial charge in [-0.1, -0.05) is 28.9 Å². The molecule has 1 aromatic carbocycles. The highest BCUT2D eigenvalue weighted by atomic mass is 79.9. The lowest BCUT2D eigenvalue weighted by Crippen LogP contribution is -2.18. The van der Waals surface area contributed by atoms with Crippen LogP contribution in [0.4, 0.5) is 4.39 Å². The van der Waals surface area contributed by atoms with E-state index in [0.29, 0.717) is 12.1 Å². The first-order chi connectivity index (χ1) is 9.10. The Bertz CT molecular complexity index is 556. The van der Waals surface area contributed by atoms with E-state index in [1.165, 1.54) is 10.9 Å². The summed E-state index contributed by atoms with van der Waals surface area (Å²) < 4.78 is 14.4. The molecule has 0 aliphatic rings. The molecule has 5 heteroatoms. The van der Waals surface area contributed by atoms with Gasteiger partial charge in [0.05, 0.1) is 6.04 Å². The van der Waals surface area contributed by atoms with E-state index in [-0.39, 0.29) is 11.9 Å². The lowest BCUT2D eigenvalue weighted by atomic mass is 10.2. The number of thiazole rings is 1. The summed E-state index contributed by atoms with van der Waals surface area (Å²) in [6.07, 6.45) is 2.92. The van der Waals surface area contributed by atoms with Crippen molar-refractivity contribution in [1.29, 1.82) is 0 Å². The van der Waals surface area contributed by atoms with Gasteiger partial charge in [0, 0.05) is 27.7 Å². The highest BCUT2D eigenvalue weighted by molar-refractivity contribution is 9.10. The van der Waals surface area contributed by atoms with Gasteiger partial charge in [0.1, 0.15) is 10.8 Å². The Balaban J connectivity index is 1.98. The first kappa shape index (κ1) is 14.6. The summed E-state index contributed by atoms with van der Waals surface area (Å²) in [5.74, 6) is -0.192. The van der Waals surface area contributed by atoms with E-state index in [9.17, 15) is 4.39 Å². The number of benzene rings is 1. The van der Waals surface area contributed by atoms with E-state index < -0.39 is 0 Å². The minimum absolute atomic E-state index is 0.133. The summed E-state index contributed by atoms with van der Waals surface area (Å²) >= 11 is 4.96. The maximum absolute atomic E-state index is 13.7. The Morgan fingerprint density at radius 3 is 2.89 bits per heavy atom. The van der Waals surface area contributed by atoms with Crippen molar-refractivity contribution in [3.63, 3.8) is 0 Å². The van der Waals surface area contributed by atoms with E-state index >= 15 is 0 Å². The SMILES string of the molecule is CCc1cnc(C(C)NCc2ccc(Br)cc2F)s1. The van der Waals surface area contributed by atoms with Gasteiger partial charge in [0.25, 0.3) is 0 Å². The molecule has 0 radical (unpaired) electrons. The van der Waals surface area contributed by atoms with E-state index in [1.807, 2.05) is 12.3 Å². The highest BCUT2D eigenvalue weighted by Crippen LogP contribution is 2.21. The van der Waals surface area contributed by atoms with E-state index in [0.717, 1.165) is 15.9 Å². The van der Waals surface area contributed by atoms with E-state index in [1.54, 1.807) is 17.4 Å². The molecule has 0 saturated carbocycles. The van der Waals surface area contributed by atoms with Gasteiger partial charge in [0.15, 0.2) is 0 Å². The third kappa shape index (κ3) is 3.84. The number of aryl methyl sites for hydroxylation is 1. The van der Waals surface area contributed by atoms with Crippen LogP contribution in [-0.4, -0.2) is 4.98 Å². The van der Waals surface area contributed by atoms with Gasteiger partial charge in [-0.05, 0) is 25.5 Å². The molecule has 2 rings (SSSR count). The second-order valence-electron chi connectivity index (χ2n) is 4.36. The molecule has 0 saturated heterocycles. The lowest BCUT2D eigenvalue weighted by Gasteiger charge is -2.11. The van der Waals surface area contributed by atoms with Crippen LogP contribution in [-0.2, 0) is 13.0 Å². The van der Waals surface area contributed by atoms with Crippen molar-refractivity contribution in [1.82, 2.24) is 10.3 Å². The van der Waals surface area contributed by atoms with Crippen molar-refractivity contribution >= 4 is 27.3 Å². The largest absolute Gasteiger partial charge is 0.304 e. The average molecular weight is 343 g/mol. The Hall–Kier alpha value is -0.780. The molecule has 0 fully saturated rings. The molecule has 1 heterocycles. The van der Waals surface area contributed by atoms with Crippen LogP contribution in [0.3, 0.4) is 0 Å². The second kappa shape index (κ2) is 6.59. The number of hydrogen-bond acceptors (Lipinski definition) is 3. The van der Waals surface area contributed by atoms with Crippen LogP contribution in [0, 0.1) is 5.82 Å². The summed E-state index contributed by atoms with van der Waals surface area (Å²) in [7, 11) is 0. The number of halogens is 2. The minimum Gasteiger partial charge on any atom is -0.304 e. The van der Waals surface area contributed by atoms with E-state index in [4.69, 9.17) is 0 Å². The maximum atomic E-state index is 13.7. The van der Waals surface area contributed by atoms with Crippen LogP contribution < -0.4 is 5.32 Å². The van der Waals surface area contributed by atoms with E-state index in [2.05, 4.69) is 40.1 Å². The standard InChI is InChI=1S/C14H16BrFN2S/c1-3-12-8-18-14(19-12)9(2)17-7-10-4-5-11(15)6-13(10)16/h4-6,8-9,17H,3,7H2,1-2H3. The molecule has 0 aliphatic carbocycles. The Kier molecular flexibility index (Phi) is 5.07. The van der Waals surface area contributed by atoms with Crippen LogP contribution in [0.5, 0.6) is 0 Å². The van der Waals surface area contributed by atoms with Crippen molar-refractivity contribution in [2.24, 2.45) is 0 Å².